The Labute approximate surface area is 180 Å². The van der Waals surface area contributed by atoms with Gasteiger partial charge in [-0.1, -0.05) is 68.4 Å². The van der Waals surface area contributed by atoms with Gasteiger partial charge in [0, 0.05) is 5.56 Å². The van der Waals surface area contributed by atoms with E-state index in [9.17, 15) is 4.79 Å². The zero-order valence-electron chi connectivity index (χ0n) is 17.6. The van der Waals surface area contributed by atoms with Crippen molar-refractivity contribution in [1.29, 1.82) is 0 Å². The molecule has 1 atom stereocenters. The van der Waals surface area contributed by atoms with Crippen LogP contribution in [0.3, 0.4) is 0 Å². The zero-order valence-corrected chi connectivity index (χ0v) is 17.6. The maximum Gasteiger partial charge on any atom is 0.262 e. The minimum atomic E-state index is -0.257. The molecule has 31 heavy (non-hydrogen) atoms. The molecule has 5 heteroatoms. The van der Waals surface area contributed by atoms with Gasteiger partial charge in [-0.25, -0.2) is 9.97 Å². The van der Waals surface area contributed by atoms with Crippen molar-refractivity contribution in [2.24, 2.45) is 5.92 Å². The molecular formula is C26H24N4O. The molecule has 0 amide bonds. The van der Waals surface area contributed by atoms with Crippen molar-refractivity contribution in [3.8, 4) is 11.4 Å². The van der Waals surface area contributed by atoms with Crippen LogP contribution in [0.5, 0.6) is 0 Å². The van der Waals surface area contributed by atoms with Crippen LogP contribution in [-0.4, -0.2) is 19.5 Å². The number of hydrogen-bond acceptors (Lipinski definition) is 3. The first-order valence-electron chi connectivity index (χ1n) is 10.6. The van der Waals surface area contributed by atoms with Crippen LogP contribution in [0.1, 0.15) is 32.1 Å². The third-order valence-corrected chi connectivity index (χ3v) is 5.57. The number of aromatic nitrogens is 4. The molecule has 0 aliphatic rings. The third-order valence-electron chi connectivity index (χ3n) is 5.57. The molecule has 2 aromatic heterocycles. The van der Waals surface area contributed by atoms with Crippen molar-refractivity contribution >= 4 is 21.9 Å². The van der Waals surface area contributed by atoms with Gasteiger partial charge in [-0.3, -0.25) is 9.36 Å². The number of fused-ring (bicyclic) bond motifs is 2. The number of para-hydroxylation sites is 3. The van der Waals surface area contributed by atoms with Gasteiger partial charge in [0.2, 0.25) is 0 Å². The highest BCUT2D eigenvalue weighted by Gasteiger charge is 2.25. The average molecular weight is 409 g/mol. The SMILES string of the molecule is CC(C)CC(c1nc2ccccc2[nH]1)n1c(-c2ccccc2)nc2ccccc2c1=O. The first kappa shape index (κ1) is 19.2. The summed E-state index contributed by atoms with van der Waals surface area (Å²) >= 11 is 0. The number of aromatic amines is 1. The summed E-state index contributed by atoms with van der Waals surface area (Å²) < 4.78 is 1.83. The van der Waals surface area contributed by atoms with Crippen LogP contribution in [0.2, 0.25) is 0 Å². The van der Waals surface area contributed by atoms with E-state index in [4.69, 9.17) is 9.97 Å². The fourth-order valence-corrected chi connectivity index (χ4v) is 4.14. The summed E-state index contributed by atoms with van der Waals surface area (Å²) in [6, 6.07) is 25.2. The molecule has 0 saturated heterocycles. The van der Waals surface area contributed by atoms with E-state index in [1.54, 1.807) is 0 Å². The van der Waals surface area contributed by atoms with Crippen molar-refractivity contribution in [3.63, 3.8) is 0 Å². The Morgan fingerprint density at radius 3 is 2.26 bits per heavy atom. The van der Waals surface area contributed by atoms with Gasteiger partial charge in [-0.05, 0) is 36.6 Å². The van der Waals surface area contributed by atoms with Crippen LogP contribution in [0.4, 0.5) is 0 Å². The molecule has 5 rings (SSSR count). The van der Waals surface area contributed by atoms with Crippen LogP contribution < -0.4 is 5.56 Å². The zero-order chi connectivity index (χ0) is 21.4. The minimum absolute atomic E-state index is 0.0458. The maximum atomic E-state index is 13.8. The molecule has 5 nitrogen and oxygen atoms in total. The summed E-state index contributed by atoms with van der Waals surface area (Å²) in [7, 11) is 0. The van der Waals surface area contributed by atoms with E-state index in [0.717, 1.165) is 28.8 Å². The van der Waals surface area contributed by atoms with Crippen LogP contribution in [0, 0.1) is 5.92 Å². The monoisotopic (exact) mass is 408 g/mol. The topological polar surface area (TPSA) is 63.6 Å². The first-order chi connectivity index (χ1) is 15.1. The fraction of sp³-hybridized carbons (Fsp3) is 0.192. The Balaban J connectivity index is 1.82. The Kier molecular flexibility index (Phi) is 4.86. The lowest BCUT2D eigenvalue weighted by Crippen LogP contribution is -2.30. The van der Waals surface area contributed by atoms with E-state index in [1.807, 2.05) is 83.4 Å². The molecule has 0 radical (unpaired) electrons. The Morgan fingerprint density at radius 1 is 0.839 bits per heavy atom. The molecule has 1 N–H and O–H groups in total. The summed E-state index contributed by atoms with van der Waals surface area (Å²) in [5.41, 5.74) is 3.44. The van der Waals surface area contributed by atoms with Crippen molar-refractivity contribution in [1.82, 2.24) is 19.5 Å². The van der Waals surface area contributed by atoms with E-state index in [0.29, 0.717) is 22.6 Å². The molecule has 1 unspecified atom stereocenters. The maximum absolute atomic E-state index is 13.8. The van der Waals surface area contributed by atoms with Crippen molar-refractivity contribution in [3.05, 3.63) is 95.0 Å². The predicted molar refractivity (Wildman–Crippen MR) is 125 cm³/mol. The lowest BCUT2D eigenvalue weighted by molar-refractivity contribution is 0.431. The number of imidazole rings is 1. The van der Waals surface area contributed by atoms with Crippen LogP contribution in [0.25, 0.3) is 33.3 Å². The second-order valence-corrected chi connectivity index (χ2v) is 8.28. The lowest BCUT2D eigenvalue weighted by atomic mass is 10.0. The molecule has 3 aromatic carbocycles. The lowest BCUT2D eigenvalue weighted by Gasteiger charge is -2.23. The predicted octanol–water partition coefficient (Wildman–Crippen LogP) is 5.58. The van der Waals surface area contributed by atoms with Crippen LogP contribution in [0.15, 0.2) is 83.7 Å². The van der Waals surface area contributed by atoms with E-state index in [1.165, 1.54) is 0 Å². The van der Waals surface area contributed by atoms with Gasteiger partial charge in [0.05, 0.1) is 28.0 Å². The van der Waals surface area contributed by atoms with Crippen LogP contribution >= 0.6 is 0 Å². The van der Waals surface area contributed by atoms with Crippen LogP contribution in [-0.2, 0) is 0 Å². The Bertz CT molecular complexity index is 1380. The molecule has 5 aromatic rings. The molecule has 0 bridgehead atoms. The van der Waals surface area contributed by atoms with E-state index < -0.39 is 0 Å². The standard InChI is InChI=1S/C26H24N4O/c1-17(2)16-23(24-27-21-14-8-9-15-22(21)28-24)30-25(18-10-4-3-5-11-18)29-20-13-7-6-12-19(20)26(30)31/h3-15,17,23H,16H2,1-2H3,(H,27,28). The highest BCUT2D eigenvalue weighted by Crippen LogP contribution is 2.30. The second-order valence-electron chi connectivity index (χ2n) is 8.28. The van der Waals surface area contributed by atoms with Gasteiger partial charge in [-0.2, -0.15) is 0 Å². The largest absolute Gasteiger partial charge is 0.340 e. The summed E-state index contributed by atoms with van der Waals surface area (Å²) in [5.74, 6) is 1.81. The highest BCUT2D eigenvalue weighted by atomic mass is 16.1. The third kappa shape index (κ3) is 3.52. The van der Waals surface area contributed by atoms with Gasteiger partial charge in [0.25, 0.3) is 5.56 Å². The van der Waals surface area contributed by atoms with E-state index in [-0.39, 0.29) is 11.6 Å². The average Bonchev–Trinajstić information content (AvgIpc) is 3.22. The Hall–Kier alpha value is -3.73. The first-order valence-corrected chi connectivity index (χ1v) is 10.6. The van der Waals surface area contributed by atoms with Crippen molar-refractivity contribution in [2.75, 3.05) is 0 Å². The summed E-state index contributed by atoms with van der Waals surface area (Å²) in [6.45, 7) is 4.33. The summed E-state index contributed by atoms with van der Waals surface area (Å²) in [4.78, 5) is 27.1. The highest BCUT2D eigenvalue weighted by molar-refractivity contribution is 5.80. The second kappa shape index (κ2) is 7.84. The van der Waals surface area contributed by atoms with Gasteiger partial charge < -0.3 is 4.98 Å². The molecule has 2 heterocycles. The number of rotatable bonds is 5. The molecule has 154 valence electrons. The number of H-pyrrole nitrogens is 1. The van der Waals surface area contributed by atoms with Gasteiger partial charge in [-0.15, -0.1) is 0 Å². The molecule has 0 aliphatic heterocycles. The number of hydrogen-bond donors (Lipinski definition) is 1. The quantitative estimate of drug-likeness (QED) is 0.413. The van der Waals surface area contributed by atoms with Gasteiger partial charge >= 0.3 is 0 Å². The van der Waals surface area contributed by atoms with Crippen molar-refractivity contribution in [2.45, 2.75) is 26.3 Å². The van der Waals surface area contributed by atoms with E-state index in [2.05, 4.69) is 18.8 Å². The van der Waals surface area contributed by atoms with Crippen molar-refractivity contribution < 1.29 is 0 Å². The van der Waals surface area contributed by atoms with Gasteiger partial charge in [0.15, 0.2) is 0 Å². The fourth-order valence-electron chi connectivity index (χ4n) is 4.14. The molecule has 0 fully saturated rings. The number of benzene rings is 3. The molecule has 0 aliphatic carbocycles. The number of nitrogens with zero attached hydrogens (tertiary/aromatic N) is 3. The van der Waals surface area contributed by atoms with Gasteiger partial charge in [0.1, 0.15) is 11.6 Å². The molecule has 0 spiro atoms. The molecular weight excluding hydrogens is 384 g/mol. The summed E-state index contributed by atoms with van der Waals surface area (Å²) in [5, 5.41) is 0.618. The number of nitrogens with one attached hydrogen (secondary N) is 1. The summed E-state index contributed by atoms with van der Waals surface area (Å²) in [6.07, 6.45) is 0.763. The minimum Gasteiger partial charge on any atom is -0.340 e. The van der Waals surface area contributed by atoms with E-state index >= 15 is 0 Å². The smallest absolute Gasteiger partial charge is 0.262 e. The normalized spacial score (nSPS) is 12.6. The molecule has 0 saturated carbocycles. The Morgan fingerprint density at radius 2 is 1.52 bits per heavy atom.